The molecule has 0 spiro atoms. The molecule has 0 aliphatic rings. The van der Waals surface area contributed by atoms with Gasteiger partial charge in [-0.2, -0.15) is 11.8 Å². The van der Waals surface area contributed by atoms with Crippen molar-refractivity contribution in [1.82, 2.24) is 5.32 Å². The molecule has 4 heteroatoms. The first-order valence-electron chi connectivity index (χ1n) is 6.26. The van der Waals surface area contributed by atoms with Gasteiger partial charge in [0, 0.05) is 17.8 Å². The van der Waals surface area contributed by atoms with E-state index in [0.29, 0.717) is 6.54 Å². The number of thioether (sulfide) groups is 1. The minimum absolute atomic E-state index is 0.235. The van der Waals surface area contributed by atoms with Crippen molar-refractivity contribution >= 4 is 11.8 Å². The number of nitrogens with one attached hydrogen (secondary N) is 1. The Balaban J connectivity index is 2.52. The van der Waals surface area contributed by atoms with Gasteiger partial charge in [-0.1, -0.05) is 19.9 Å². The van der Waals surface area contributed by atoms with Gasteiger partial charge >= 0.3 is 0 Å². The van der Waals surface area contributed by atoms with Crippen LogP contribution < -0.4 is 5.32 Å². The van der Waals surface area contributed by atoms with Crippen LogP contribution in [0, 0.1) is 11.6 Å². The van der Waals surface area contributed by atoms with E-state index in [0.717, 1.165) is 24.9 Å². The zero-order chi connectivity index (χ0) is 13.6. The van der Waals surface area contributed by atoms with Gasteiger partial charge in [0.05, 0.1) is 0 Å². The molecule has 1 nitrogen and oxygen atoms in total. The molecular weight excluding hydrogens is 252 g/mol. The number of rotatable bonds is 7. The number of hydrogen-bond donors (Lipinski definition) is 1. The maximum Gasteiger partial charge on any atom is 0.159 e. The zero-order valence-electron chi connectivity index (χ0n) is 11.2. The molecule has 0 bridgehead atoms. The maximum atomic E-state index is 13.0. The second kappa shape index (κ2) is 7.10. The minimum Gasteiger partial charge on any atom is -0.311 e. The molecule has 0 heterocycles. The van der Waals surface area contributed by atoms with E-state index in [1.54, 1.807) is 6.07 Å². The first kappa shape index (κ1) is 15.4. The predicted octanol–water partition coefficient (Wildman–Crippen LogP) is 3.98. The van der Waals surface area contributed by atoms with Crippen molar-refractivity contribution in [3.05, 3.63) is 35.4 Å². The van der Waals surface area contributed by atoms with Crippen molar-refractivity contribution in [1.29, 1.82) is 0 Å². The van der Waals surface area contributed by atoms with E-state index < -0.39 is 11.6 Å². The maximum absolute atomic E-state index is 13.0. The van der Waals surface area contributed by atoms with E-state index in [9.17, 15) is 8.78 Å². The van der Waals surface area contributed by atoms with E-state index in [1.165, 1.54) is 12.1 Å². The second-order valence-electron chi connectivity index (χ2n) is 4.45. The van der Waals surface area contributed by atoms with Gasteiger partial charge in [0.2, 0.25) is 0 Å². The van der Waals surface area contributed by atoms with Crippen LogP contribution in [0.25, 0.3) is 0 Å². The summed E-state index contributed by atoms with van der Waals surface area (Å²) in [5.74, 6) is -1.57. The van der Waals surface area contributed by atoms with Gasteiger partial charge in [0.15, 0.2) is 11.6 Å². The summed E-state index contributed by atoms with van der Waals surface area (Å²) in [6, 6.07) is 4.04. The lowest BCUT2D eigenvalue weighted by Crippen LogP contribution is -2.36. The smallest absolute Gasteiger partial charge is 0.159 e. The minimum atomic E-state index is -0.792. The van der Waals surface area contributed by atoms with E-state index in [2.05, 4.69) is 25.4 Å². The van der Waals surface area contributed by atoms with Crippen LogP contribution in [0.3, 0.4) is 0 Å². The Morgan fingerprint density at radius 1 is 1.17 bits per heavy atom. The highest BCUT2D eigenvalue weighted by molar-refractivity contribution is 8.00. The molecule has 1 aromatic carbocycles. The summed E-state index contributed by atoms with van der Waals surface area (Å²) in [5, 5.41) is 3.33. The third kappa shape index (κ3) is 3.95. The van der Waals surface area contributed by atoms with Gasteiger partial charge < -0.3 is 5.32 Å². The Hall–Kier alpha value is -0.610. The standard InChI is InChI=1S/C14H21F2NS/c1-4-14(5-2,18-3)10-17-9-11-6-7-12(15)13(16)8-11/h6-8,17H,4-5,9-10H2,1-3H3. The summed E-state index contributed by atoms with van der Waals surface area (Å²) < 4.78 is 26.0. The quantitative estimate of drug-likeness (QED) is 0.806. The van der Waals surface area contributed by atoms with Gasteiger partial charge in [-0.15, -0.1) is 0 Å². The first-order chi connectivity index (χ1) is 8.56. The van der Waals surface area contributed by atoms with E-state index in [-0.39, 0.29) is 4.75 Å². The Labute approximate surface area is 112 Å². The highest BCUT2D eigenvalue weighted by atomic mass is 32.2. The largest absolute Gasteiger partial charge is 0.311 e. The average molecular weight is 273 g/mol. The van der Waals surface area contributed by atoms with Crippen LogP contribution in [0.5, 0.6) is 0 Å². The molecule has 0 amide bonds. The number of benzene rings is 1. The zero-order valence-corrected chi connectivity index (χ0v) is 12.0. The topological polar surface area (TPSA) is 12.0 Å². The summed E-state index contributed by atoms with van der Waals surface area (Å²) in [6.07, 6.45) is 4.30. The second-order valence-corrected chi connectivity index (χ2v) is 5.72. The molecule has 1 N–H and O–H groups in total. The molecule has 1 rings (SSSR count). The molecular formula is C14H21F2NS. The molecule has 0 unspecified atom stereocenters. The molecule has 0 radical (unpaired) electrons. The molecule has 102 valence electrons. The summed E-state index contributed by atoms with van der Waals surface area (Å²) in [7, 11) is 0. The SMILES string of the molecule is CCC(CC)(CNCc1ccc(F)c(F)c1)SC. The molecule has 1 aromatic rings. The Morgan fingerprint density at radius 3 is 2.33 bits per heavy atom. The molecule has 0 atom stereocenters. The number of halogens is 2. The van der Waals surface area contributed by atoms with Gasteiger partial charge in [-0.25, -0.2) is 8.78 Å². The van der Waals surface area contributed by atoms with E-state index in [1.807, 2.05) is 11.8 Å². The molecule has 0 aromatic heterocycles. The van der Waals surface area contributed by atoms with Crippen molar-refractivity contribution in [3.63, 3.8) is 0 Å². The molecule has 0 saturated carbocycles. The lowest BCUT2D eigenvalue weighted by molar-refractivity contribution is 0.489. The van der Waals surface area contributed by atoms with Crippen LogP contribution in [0.4, 0.5) is 8.78 Å². The van der Waals surface area contributed by atoms with Crippen molar-refractivity contribution in [2.24, 2.45) is 0 Å². The first-order valence-corrected chi connectivity index (χ1v) is 7.49. The van der Waals surface area contributed by atoms with Crippen molar-refractivity contribution < 1.29 is 8.78 Å². The van der Waals surface area contributed by atoms with Crippen LogP contribution >= 0.6 is 11.8 Å². The van der Waals surface area contributed by atoms with Crippen molar-refractivity contribution in [2.75, 3.05) is 12.8 Å². The fourth-order valence-electron chi connectivity index (χ4n) is 1.95. The molecule has 18 heavy (non-hydrogen) atoms. The summed E-state index contributed by atoms with van der Waals surface area (Å²) in [4.78, 5) is 0. The van der Waals surface area contributed by atoms with E-state index in [4.69, 9.17) is 0 Å². The molecule has 0 saturated heterocycles. The van der Waals surface area contributed by atoms with E-state index >= 15 is 0 Å². The summed E-state index contributed by atoms with van der Waals surface area (Å²) >= 11 is 1.86. The van der Waals surface area contributed by atoms with Crippen LogP contribution in [-0.4, -0.2) is 17.5 Å². The third-order valence-electron chi connectivity index (χ3n) is 3.48. The Kier molecular flexibility index (Phi) is 6.09. The van der Waals surface area contributed by atoms with Crippen molar-refractivity contribution in [2.45, 2.75) is 38.0 Å². The lowest BCUT2D eigenvalue weighted by Gasteiger charge is -2.30. The highest BCUT2D eigenvalue weighted by Crippen LogP contribution is 2.29. The normalized spacial score (nSPS) is 11.8. The Bertz CT molecular complexity index is 370. The molecule has 0 fully saturated rings. The predicted molar refractivity (Wildman–Crippen MR) is 74.9 cm³/mol. The Morgan fingerprint density at radius 2 is 1.83 bits per heavy atom. The van der Waals surface area contributed by atoms with Gasteiger partial charge in [-0.3, -0.25) is 0 Å². The third-order valence-corrected chi connectivity index (χ3v) is 5.07. The molecule has 0 aliphatic heterocycles. The fraction of sp³-hybridized carbons (Fsp3) is 0.571. The molecule has 0 aliphatic carbocycles. The van der Waals surface area contributed by atoms with Crippen LogP contribution in [-0.2, 0) is 6.54 Å². The average Bonchev–Trinajstić information content (AvgIpc) is 2.39. The van der Waals surface area contributed by atoms with Gasteiger partial charge in [0.25, 0.3) is 0 Å². The monoisotopic (exact) mass is 273 g/mol. The van der Waals surface area contributed by atoms with Gasteiger partial charge in [-0.05, 0) is 36.8 Å². The van der Waals surface area contributed by atoms with Crippen LogP contribution in [0.2, 0.25) is 0 Å². The van der Waals surface area contributed by atoms with Crippen LogP contribution in [0.15, 0.2) is 18.2 Å². The van der Waals surface area contributed by atoms with Crippen LogP contribution in [0.1, 0.15) is 32.3 Å². The highest BCUT2D eigenvalue weighted by Gasteiger charge is 2.23. The fourth-order valence-corrected chi connectivity index (χ4v) is 2.77. The summed E-state index contributed by atoms with van der Waals surface area (Å²) in [6.45, 7) is 5.80. The number of hydrogen-bond acceptors (Lipinski definition) is 2. The van der Waals surface area contributed by atoms with Gasteiger partial charge in [0.1, 0.15) is 0 Å². The summed E-state index contributed by atoms with van der Waals surface area (Å²) in [5.41, 5.74) is 0.774. The lowest BCUT2D eigenvalue weighted by atomic mass is 10.0. The van der Waals surface area contributed by atoms with Crippen molar-refractivity contribution in [3.8, 4) is 0 Å².